The molecular formula is C23H23N3O4. The minimum Gasteiger partial charge on any atom is -0.448 e. The second-order valence-corrected chi connectivity index (χ2v) is 7.91. The van der Waals surface area contributed by atoms with Gasteiger partial charge >= 0.3 is 0 Å². The van der Waals surface area contributed by atoms with Gasteiger partial charge in [0.05, 0.1) is 19.0 Å². The lowest BCUT2D eigenvalue weighted by Gasteiger charge is -2.14. The first-order valence-electron chi connectivity index (χ1n) is 10.2. The van der Waals surface area contributed by atoms with Gasteiger partial charge in [-0.15, -0.1) is 0 Å². The van der Waals surface area contributed by atoms with Crippen molar-refractivity contribution in [3.63, 3.8) is 0 Å². The standard InChI is InChI=1S/C23H23N3O4/c1-14-10-18(15(2)26(14)11-16-6-5-9-29-16)19(27)12-25-13-24-21-17-7-3-4-8-20(17)30-22(21)23(25)28/h3-4,7-8,10,13,16H,5-6,9,11-12H2,1-2H3/t16-/m1/s1. The van der Waals surface area contributed by atoms with Crippen LogP contribution in [-0.4, -0.2) is 32.6 Å². The van der Waals surface area contributed by atoms with Crippen LogP contribution < -0.4 is 5.56 Å². The summed E-state index contributed by atoms with van der Waals surface area (Å²) >= 11 is 0. The number of carbonyl (C=O) groups excluding carboxylic acids is 1. The Morgan fingerprint density at radius 3 is 2.90 bits per heavy atom. The minimum atomic E-state index is -0.349. The molecule has 1 saturated heterocycles. The molecule has 1 aliphatic rings. The van der Waals surface area contributed by atoms with Crippen molar-refractivity contribution in [3.8, 4) is 0 Å². The molecule has 0 saturated carbocycles. The Hall–Kier alpha value is -3.19. The number of para-hydroxylation sites is 1. The summed E-state index contributed by atoms with van der Waals surface area (Å²) in [5, 5.41) is 0.792. The van der Waals surface area contributed by atoms with Gasteiger partial charge in [0.1, 0.15) is 11.1 Å². The zero-order chi connectivity index (χ0) is 20.8. The van der Waals surface area contributed by atoms with E-state index in [9.17, 15) is 9.59 Å². The number of aromatic nitrogens is 3. The van der Waals surface area contributed by atoms with E-state index in [2.05, 4.69) is 9.55 Å². The molecule has 0 amide bonds. The van der Waals surface area contributed by atoms with E-state index >= 15 is 0 Å². The van der Waals surface area contributed by atoms with Crippen LogP contribution in [0, 0.1) is 13.8 Å². The van der Waals surface area contributed by atoms with Crippen LogP contribution in [0.4, 0.5) is 0 Å². The maximum absolute atomic E-state index is 13.0. The van der Waals surface area contributed by atoms with Crippen molar-refractivity contribution in [2.75, 3.05) is 6.61 Å². The van der Waals surface area contributed by atoms with Crippen LogP contribution >= 0.6 is 0 Å². The first-order chi connectivity index (χ1) is 14.5. The highest BCUT2D eigenvalue weighted by Crippen LogP contribution is 2.24. The van der Waals surface area contributed by atoms with Gasteiger partial charge in [0.2, 0.25) is 5.58 Å². The summed E-state index contributed by atoms with van der Waals surface area (Å²) in [7, 11) is 0. The SMILES string of the molecule is Cc1cc(C(=O)Cn2cnc3c(oc4ccccc43)c2=O)c(C)n1C[C@H]1CCCO1. The number of furan rings is 1. The predicted molar refractivity (Wildman–Crippen MR) is 113 cm³/mol. The lowest BCUT2D eigenvalue weighted by molar-refractivity contribution is 0.0948. The Balaban J connectivity index is 1.45. The molecule has 30 heavy (non-hydrogen) atoms. The number of carbonyl (C=O) groups is 1. The average molecular weight is 405 g/mol. The summed E-state index contributed by atoms with van der Waals surface area (Å²) in [6.45, 7) is 5.40. The largest absolute Gasteiger partial charge is 0.448 e. The van der Waals surface area contributed by atoms with Gasteiger partial charge in [-0.2, -0.15) is 0 Å². The Morgan fingerprint density at radius 2 is 2.10 bits per heavy atom. The van der Waals surface area contributed by atoms with E-state index < -0.39 is 0 Å². The van der Waals surface area contributed by atoms with Crippen molar-refractivity contribution in [1.29, 1.82) is 0 Å². The number of fused-ring (bicyclic) bond motifs is 3. The van der Waals surface area contributed by atoms with Crippen LogP contribution in [-0.2, 0) is 17.8 Å². The van der Waals surface area contributed by atoms with E-state index in [4.69, 9.17) is 9.15 Å². The second kappa shape index (κ2) is 7.25. The Bertz CT molecular complexity index is 1320. The van der Waals surface area contributed by atoms with Gasteiger partial charge in [0.25, 0.3) is 5.56 Å². The van der Waals surface area contributed by atoms with Crippen molar-refractivity contribution >= 4 is 27.9 Å². The highest BCUT2D eigenvalue weighted by Gasteiger charge is 2.22. The normalized spacial score (nSPS) is 16.7. The average Bonchev–Trinajstić information content (AvgIpc) is 3.45. The van der Waals surface area contributed by atoms with Gasteiger partial charge in [-0.3, -0.25) is 14.2 Å². The monoisotopic (exact) mass is 405 g/mol. The number of benzene rings is 1. The van der Waals surface area contributed by atoms with Gasteiger partial charge < -0.3 is 13.7 Å². The number of Topliss-reactive ketones (excluding diaryl/α,β-unsaturated/α-hetero) is 1. The molecule has 7 heteroatoms. The molecule has 0 spiro atoms. The molecule has 4 aromatic rings. The Labute approximate surface area is 172 Å². The molecule has 3 aromatic heterocycles. The van der Waals surface area contributed by atoms with Crippen molar-refractivity contribution < 1.29 is 13.9 Å². The number of hydrogen-bond acceptors (Lipinski definition) is 5. The first kappa shape index (κ1) is 18.8. The number of ether oxygens (including phenoxy) is 1. The van der Waals surface area contributed by atoms with Gasteiger partial charge in [-0.1, -0.05) is 12.1 Å². The van der Waals surface area contributed by atoms with E-state index in [1.165, 1.54) is 10.9 Å². The molecule has 5 rings (SSSR count). The summed E-state index contributed by atoms with van der Waals surface area (Å²) in [6, 6.07) is 9.28. The Morgan fingerprint density at radius 1 is 1.27 bits per heavy atom. The van der Waals surface area contributed by atoms with Crippen LogP contribution in [0.5, 0.6) is 0 Å². The highest BCUT2D eigenvalue weighted by molar-refractivity contribution is 6.02. The molecule has 1 aliphatic heterocycles. The number of ketones is 1. The third-order valence-corrected chi connectivity index (χ3v) is 5.95. The summed E-state index contributed by atoms with van der Waals surface area (Å²) < 4.78 is 14.9. The smallest absolute Gasteiger partial charge is 0.297 e. The lowest BCUT2D eigenvalue weighted by atomic mass is 10.1. The zero-order valence-corrected chi connectivity index (χ0v) is 17.1. The Kier molecular flexibility index (Phi) is 4.55. The molecular weight excluding hydrogens is 382 g/mol. The fourth-order valence-corrected chi connectivity index (χ4v) is 4.32. The van der Waals surface area contributed by atoms with Crippen LogP contribution in [0.15, 0.2) is 45.9 Å². The maximum Gasteiger partial charge on any atom is 0.297 e. The molecule has 1 atom stereocenters. The molecule has 154 valence electrons. The fraction of sp³-hybridized carbons (Fsp3) is 0.348. The topological polar surface area (TPSA) is 79.3 Å². The molecule has 7 nitrogen and oxygen atoms in total. The van der Waals surface area contributed by atoms with Crippen molar-refractivity contribution in [3.05, 3.63) is 64.0 Å². The van der Waals surface area contributed by atoms with Gasteiger partial charge in [0, 0.05) is 35.5 Å². The minimum absolute atomic E-state index is 0.0803. The van der Waals surface area contributed by atoms with Crippen molar-refractivity contribution in [2.45, 2.75) is 45.9 Å². The maximum atomic E-state index is 13.0. The molecule has 1 fully saturated rings. The summed E-state index contributed by atoms with van der Waals surface area (Å²) in [4.78, 5) is 30.3. The zero-order valence-electron chi connectivity index (χ0n) is 17.1. The number of aryl methyl sites for hydroxylation is 1. The van der Waals surface area contributed by atoms with Gasteiger partial charge in [-0.25, -0.2) is 4.98 Å². The van der Waals surface area contributed by atoms with Crippen molar-refractivity contribution in [2.24, 2.45) is 0 Å². The van der Waals surface area contributed by atoms with Crippen LogP contribution in [0.1, 0.15) is 34.6 Å². The lowest BCUT2D eigenvalue weighted by Crippen LogP contribution is -2.24. The summed E-state index contributed by atoms with van der Waals surface area (Å²) in [5.74, 6) is -0.124. The third-order valence-electron chi connectivity index (χ3n) is 5.95. The second-order valence-electron chi connectivity index (χ2n) is 7.91. The van der Waals surface area contributed by atoms with E-state index in [0.717, 1.165) is 42.8 Å². The van der Waals surface area contributed by atoms with Gasteiger partial charge in [0.15, 0.2) is 5.78 Å². The van der Waals surface area contributed by atoms with Crippen LogP contribution in [0.3, 0.4) is 0 Å². The first-order valence-corrected chi connectivity index (χ1v) is 10.2. The molecule has 0 unspecified atom stereocenters. The van der Waals surface area contributed by atoms with Crippen molar-refractivity contribution in [1.82, 2.24) is 14.1 Å². The van der Waals surface area contributed by atoms with Crippen LogP contribution in [0.2, 0.25) is 0 Å². The number of rotatable bonds is 5. The third kappa shape index (κ3) is 3.06. The molecule has 0 radical (unpaired) electrons. The highest BCUT2D eigenvalue weighted by atomic mass is 16.5. The number of nitrogens with zero attached hydrogens (tertiary/aromatic N) is 3. The van der Waals surface area contributed by atoms with E-state index in [0.29, 0.717) is 16.7 Å². The summed E-state index contributed by atoms with van der Waals surface area (Å²) in [6.07, 6.45) is 3.74. The summed E-state index contributed by atoms with van der Waals surface area (Å²) in [5.41, 5.74) is 3.51. The van der Waals surface area contributed by atoms with E-state index in [-0.39, 0.29) is 29.6 Å². The quantitative estimate of drug-likeness (QED) is 0.474. The van der Waals surface area contributed by atoms with E-state index in [1.54, 1.807) is 6.07 Å². The molecule has 0 bridgehead atoms. The van der Waals surface area contributed by atoms with E-state index in [1.807, 2.05) is 38.1 Å². The molecule has 1 aromatic carbocycles. The molecule has 0 aliphatic carbocycles. The molecule has 4 heterocycles. The fourth-order valence-electron chi connectivity index (χ4n) is 4.32. The number of hydrogen-bond donors (Lipinski definition) is 0. The van der Waals surface area contributed by atoms with Crippen LogP contribution in [0.25, 0.3) is 22.1 Å². The van der Waals surface area contributed by atoms with Gasteiger partial charge in [-0.05, 0) is 44.9 Å². The molecule has 0 N–H and O–H groups in total. The predicted octanol–water partition coefficient (Wildman–Crippen LogP) is 3.62.